The van der Waals surface area contributed by atoms with Crippen LogP contribution in [0.15, 0.2) is 4.99 Å². The van der Waals surface area contributed by atoms with Crippen molar-refractivity contribution in [2.24, 2.45) is 10.7 Å². The first-order valence-electron chi connectivity index (χ1n) is 4.73. The Labute approximate surface area is 74.4 Å². The number of nitrogens with one attached hydrogen (secondary N) is 1. The maximum atomic E-state index is 5.65. The van der Waals surface area contributed by atoms with Crippen LogP contribution in [0.2, 0.25) is 0 Å². The summed E-state index contributed by atoms with van der Waals surface area (Å²) in [7, 11) is 1.72. The Morgan fingerprint density at radius 3 is 2.50 bits per heavy atom. The molecule has 1 aliphatic rings. The van der Waals surface area contributed by atoms with Gasteiger partial charge in [-0.2, -0.15) is 0 Å². The molecule has 1 fully saturated rings. The van der Waals surface area contributed by atoms with Gasteiger partial charge in [0.15, 0.2) is 5.96 Å². The standard InChI is InChI=1S/C9H19N3/c1-3-9(6-4-5-7-9)12-8(10)11-2/h3-7H2,1-2H3,(H3,10,11,12). The van der Waals surface area contributed by atoms with Crippen molar-refractivity contribution in [3.63, 3.8) is 0 Å². The van der Waals surface area contributed by atoms with Crippen LogP contribution >= 0.6 is 0 Å². The van der Waals surface area contributed by atoms with E-state index in [-0.39, 0.29) is 5.54 Å². The molecule has 1 aliphatic carbocycles. The van der Waals surface area contributed by atoms with Gasteiger partial charge in [-0.15, -0.1) is 0 Å². The zero-order chi connectivity index (χ0) is 9.03. The molecule has 3 heteroatoms. The number of aliphatic imine (C=N–C) groups is 1. The summed E-state index contributed by atoms with van der Waals surface area (Å²) in [5.74, 6) is 0.582. The van der Waals surface area contributed by atoms with E-state index in [0.717, 1.165) is 6.42 Å². The van der Waals surface area contributed by atoms with Gasteiger partial charge >= 0.3 is 0 Å². The fraction of sp³-hybridized carbons (Fsp3) is 0.889. The van der Waals surface area contributed by atoms with Crippen molar-refractivity contribution < 1.29 is 0 Å². The first kappa shape index (κ1) is 9.36. The number of nitrogens with zero attached hydrogens (tertiary/aromatic N) is 1. The lowest BCUT2D eigenvalue weighted by molar-refractivity contribution is 0.375. The van der Waals surface area contributed by atoms with Crippen LogP contribution in [0.25, 0.3) is 0 Å². The summed E-state index contributed by atoms with van der Waals surface area (Å²) in [4.78, 5) is 3.93. The zero-order valence-corrected chi connectivity index (χ0v) is 8.06. The first-order chi connectivity index (χ1) is 5.72. The van der Waals surface area contributed by atoms with Crippen LogP contribution in [0.5, 0.6) is 0 Å². The second kappa shape index (κ2) is 3.78. The molecule has 3 nitrogen and oxygen atoms in total. The zero-order valence-electron chi connectivity index (χ0n) is 8.06. The molecule has 12 heavy (non-hydrogen) atoms. The molecule has 0 radical (unpaired) electrons. The van der Waals surface area contributed by atoms with Crippen molar-refractivity contribution in [1.82, 2.24) is 5.32 Å². The lowest BCUT2D eigenvalue weighted by atomic mass is 9.94. The summed E-state index contributed by atoms with van der Waals surface area (Å²) in [6, 6.07) is 0. The van der Waals surface area contributed by atoms with Crippen molar-refractivity contribution in [2.45, 2.75) is 44.6 Å². The van der Waals surface area contributed by atoms with Crippen LogP contribution in [0, 0.1) is 0 Å². The largest absolute Gasteiger partial charge is 0.370 e. The summed E-state index contributed by atoms with van der Waals surface area (Å²) < 4.78 is 0. The molecule has 0 amide bonds. The molecule has 0 spiro atoms. The van der Waals surface area contributed by atoms with E-state index in [2.05, 4.69) is 17.2 Å². The Bertz CT molecular complexity index is 169. The predicted molar refractivity (Wildman–Crippen MR) is 52.2 cm³/mol. The van der Waals surface area contributed by atoms with Crippen molar-refractivity contribution in [3.8, 4) is 0 Å². The summed E-state index contributed by atoms with van der Waals surface area (Å²) in [6.45, 7) is 2.21. The SMILES string of the molecule is CCC1(NC(N)=NC)CCCC1. The van der Waals surface area contributed by atoms with Gasteiger partial charge < -0.3 is 11.1 Å². The Hall–Kier alpha value is -0.730. The molecule has 1 saturated carbocycles. The molecule has 0 aromatic rings. The molecule has 70 valence electrons. The van der Waals surface area contributed by atoms with Gasteiger partial charge in [-0.05, 0) is 19.3 Å². The highest BCUT2D eigenvalue weighted by Crippen LogP contribution is 2.31. The van der Waals surface area contributed by atoms with Crippen molar-refractivity contribution >= 4 is 5.96 Å². The number of guanidine groups is 1. The van der Waals surface area contributed by atoms with Gasteiger partial charge in [0.05, 0.1) is 0 Å². The highest BCUT2D eigenvalue weighted by Gasteiger charge is 2.31. The minimum atomic E-state index is 0.254. The second-order valence-electron chi connectivity index (χ2n) is 3.57. The quantitative estimate of drug-likeness (QED) is 0.482. The third-order valence-electron chi connectivity index (χ3n) is 2.87. The average Bonchev–Trinajstić information content (AvgIpc) is 2.54. The highest BCUT2D eigenvalue weighted by molar-refractivity contribution is 5.78. The predicted octanol–water partition coefficient (Wildman–Crippen LogP) is 1.24. The minimum absolute atomic E-state index is 0.254. The Morgan fingerprint density at radius 2 is 2.08 bits per heavy atom. The van der Waals surface area contributed by atoms with Gasteiger partial charge in [0.2, 0.25) is 0 Å². The van der Waals surface area contributed by atoms with E-state index in [9.17, 15) is 0 Å². The maximum absolute atomic E-state index is 5.65. The smallest absolute Gasteiger partial charge is 0.188 e. The molecule has 3 N–H and O–H groups in total. The van der Waals surface area contributed by atoms with Gasteiger partial charge in [0.1, 0.15) is 0 Å². The van der Waals surface area contributed by atoms with E-state index in [1.54, 1.807) is 7.05 Å². The lowest BCUT2D eigenvalue weighted by Gasteiger charge is -2.29. The third kappa shape index (κ3) is 1.90. The number of rotatable bonds is 2. The van der Waals surface area contributed by atoms with Gasteiger partial charge in [0.25, 0.3) is 0 Å². The first-order valence-corrected chi connectivity index (χ1v) is 4.73. The van der Waals surface area contributed by atoms with E-state index < -0.39 is 0 Å². The molecule has 0 unspecified atom stereocenters. The molecular formula is C9H19N3. The normalized spacial score (nSPS) is 22.7. The van der Waals surface area contributed by atoms with Gasteiger partial charge in [-0.3, -0.25) is 4.99 Å². The lowest BCUT2D eigenvalue weighted by Crippen LogP contribution is -2.49. The maximum Gasteiger partial charge on any atom is 0.188 e. The van der Waals surface area contributed by atoms with E-state index in [4.69, 9.17) is 5.73 Å². The van der Waals surface area contributed by atoms with Crippen LogP contribution in [-0.2, 0) is 0 Å². The molecule has 0 atom stereocenters. The molecule has 0 aliphatic heterocycles. The Kier molecular flexibility index (Phi) is 2.95. The van der Waals surface area contributed by atoms with Crippen molar-refractivity contribution in [1.29, 1.82) is 0 Å². The number of nitrogens with two attached hydrogens (primary N) is 1. The highest BCUT2D eigenvalue weighted by atomic mass is 15.1. The average molecular weight is 169 g/mol. The molecule has 0 saturated heterocycles. The van der Waals surface area contributed by atoms with Gasteiger partial charge in [0, 0.05) is 12.6 Å². The number of hydrogen-bond acceptors (Lipinski definition) is 1. The van der Waals surface area contributed by atoms with Crippen molar-refractivity contribution in [3.05, 3.63) is 0 Å². The van der Waals surface area contributed by atoms with Crippen LogP contribution in [-0.4, -0.2) is 18.5 Å². The Morgan fingerprint density at radius 1 is 1.50 bits per heavy atom. The van der Waals surface area contributed by atoms with Gasteiger partial charge in [-0.25, -0.2) is 0 Å². The molecule has 0 bridgehead atoms. The topological polar surface area (TPSA) is 50.4 Å². The van der Waals surface area contributed by atoms with Crippen LogP contribution < -0.4 is 11.1 Å². The fourth-order valence-corrected chi connectivity index (χ4v) is 1.95. The van der Waals surface area contributed by atoms with Crippen LogP contribution in [0.3, 0.4) is 0 Å². The van der Waals surface area contributed by atoms with Crippen LogP contribution in [0.1, 0.15) is 39.0 Å². The second-order valence-corrected chi connectivity index (χ2v) is 3.57. The summed E-state index contributed by atoms with van der Waals surface area (Å²) >= 11 is 0. The monoisotopic (exact) mass is 169 g/mol. The van der Waals surface area contributed by atoms with E-state index in [1.807, 2.05) is 0 Å². The summed E-state index contributed by atoms with van der Waals surface area (Å²) in [6.07, 6.45) is 6.25. The number of hydrogen-bond donors (Lipinski definition) is 2. The fourth-order valence-electron chi connectivity index (χ4n) is 1.95. The van der Waals surface area contributed by atoms with E-state index >= 15 is 0 Å². The van der Waals surface area contributed by atoms with E-state index in [0.29, 0.717) is 5.96 Å². The van der Waals surface area contributed by atoms with E-state index in [1.165, 1.54) is 25.7 Å². The summed E-state index contributed by atoms with van der Waals surface area (Å²) in [5.41, 5.74) is 5.91. The third-order valence-corrected chi connectivity index (χ3v) is 2.87. The molecule has 0 aromatic carbocycles. The summed E-state index contributed by atoms with van der Waals surface area (Å²) in [5, 5.41) is 3.32. The molecule has 0 aromatic heterocycles. The van der Waals surface area contributed by atoms with Crippen LogP contribution in [0.4, 0.5) is 0 Å². The molecule has 0 heterocycles. The Balaban J connectivity index is 2.55. The molecule has 1 rings (SSSR count). The minimum Gasteiger partial charge on any atom is -0.370 e. The van der Waals surface area contributed by atoms with Crippen molar-refractivity contribution in [2.75, 3.05) is 7.05 Å². The molecular weight excluding hydrogens is 150 g/mol. The van der Waals surface area contributed by atoms with Gasteiger partial charge in [-0.1, -0.05) is 19.8 Å².